The van der Waals surface area contributed by atoms with Gasteiger partial charge >= 0.3 is 6.03 Å². The normalized spacial score (nSPS) is 16.3. The lowest BCUT2D eigenvalue weighted by Crippen LogP contribution is -2.53. The van der Waals surface area contributed by atoms with Crippen molar-refractivity contribution in [3.8, 4) is 5.75 Å². The molecular weight excluding hydrogens is 348 g/mol. The van der Waals surface area contributed by atoms with Gasteiger partial charge in [0.1, 0.15) is 17.1 Å². The Morgan fingerprint density at radius 3 is 2.76 bits per heavy atom. The number of halogens is 1. The van der Waals surface area contributed by atoms with Crippen molar-refractivity contribution >= 4 is 35.5 Å². The molecule has 2 heterocycles. The standard InChI is InChI=1S/C17H13ClN2O5/c1-24-14-5-4-11(18)7-10(14)8-13-15(21)19-17(23)20(16(13)22)9-12-3-2-6-25-12/h2-8H,9H2,1H3,(H,19,21,23)/b13-8+. The van der Waals surface area contributed by atoms with Gasteiger partial charge in [-0.3, -0.25) is 19.8 Å². The minimum absolute atomic E-state index is 0.0883. The van der Waals surface area contributed by atoms with Crippen molar-refractivity contribution < 1.29 is 23.5 Å². The highest BCUT2D eigenvalue weighted by Crippen LogP contribution is 2.26. The fourth-order valence-corrected chi connectivity index (χ4v) is 2.55. The van der Waals surface area contributed by atoms with Crippen molar-refractivity contribution in [2.45, 2.75) is 6.54 Å². The summed E-state index contributed by atoms with van der Waals surface area (Å²) in [6.45, 7) is -0.0883. The van der Waals surface area contributed by atoms with Crippen LogP contribution in [0.5, 0.6) is 5.75 Å². The molecule has 1 aromatic heterocycles. The number of imide groups is 2. The van der Waals surface area contributed by atoms with Crippen LogP contribution in [0.25, 0.3) is 6.08 Å². The summed E-state index contributed by atoms with van der Waals surface area (Å²) in [5, 5.41) is 2.55. The molecule has 1 fully saturated rings. The zero-order valence-corrected chi connectivity index (χ0v) is 13.9. The summed E-state index contributed by atoms with van der Waals surface area (Å²) in [4.78, 5) is 37.6. The molecule has 7 nitrogen and oxygen atoms in total. The molecule has 0 aliphatic carbocycles. The molecule has 3 rings (SSSR count). The van der Waals surface area contributed by atoms with Gasteiger partial charge in [-0.05, 0) is 36.4 Å². The van der Waals surface area contributed by atoms with Crippen LogP contribution in [0, 0.1) is 0 Å². The largest absolute Gasteiger partial charge is 0.496 e. The molecule has 0 radical (unpaired) electrons. The fourth-order valence-electron chi connectivity index (χ4n) is 2.37. The average molecular weight is 361 g/mol. The smallest absolute Gasteiger partial charge is 0.331 e. The van der Waals surface area contributed by atoms with Gasteiger partial charge in [-0.25, -0.2) is 4.79 Å². The number of nitrogens with one attached hydrogen (secondary N) is 1. The quantitative estimate of drug-likeness (QED) is 0.668. The van der Waals surface area contributed by atoms with Crippen LogP contribution in [0.3, 0.4) is 0 Å². The first-order chi connectivity index (χ1) is 12.0. The molecule has 0 unspecified atom stereocenters. The zero-order chi connectivity index (χ0) is 18.0. The van der Waals surface area contributed by atoms with Crippen molar-refractivity contribution in [2.24, 2.45) is 0 Å². The van der Waals surface area contributed by atoms with Crippen LogP contribution in [0.2, 0.25) is 5.02 Å². The Kier molecular flexibility index (Phi) is 4.58. The Labute approximate surface area is 147 Å². The maximum absolute atomic E-state index is 12.6. The number of hydrogen-bond donors (Lipinski definition) is 1. The third-order valence-electron chi connectivity index (χ3n) is 3.57. The number of benzene rings is 1. The number of ether oxygens (including phenoxy) is 1. The van der Waals surface area contributed by atoms with Gasteiger partial charge in [0.15, 0.2) is 0 Å². The Hall–Kier alpha value is -3.06. The number of furan rings is 1. The van der Waals surface area contributed by atoms with Gasteiger partial charge in [0.05, 0.1) is 19.9 Å². The van der Waals surface area contributed by atoms with Crippen LogP contribution in [0.15, 0.2) is 46.6 Å². The van der Waals surface area contributed by atoms with Gasteiger partial charge in [0, 0.05) is 10.6 Å². The summed E-state index contributed by atoms with van der Waals surface area (Å²) in [6.07, 6.45) is 2.77. The van der Waals surface area contributed by atoms with E-state index in [4.69, 9.17) is 20.8 Å². The Morgan fingerprint density at radius 1 is 1.28 bits per heavy atom. The average Bonchev–Trinajstić information content (AvgIpc) is 3.09. The molecule has 2 aromatic rings. The lowest BCUT2D eigenvalue weighted by molar-refractivity contribution is -0.130. The first kappa shape index (κ1) is 16.8. The lowest BCUT2D eigenvalue weighted by Gasteiger charge is -2.25. The van der Waals surface area contributed by atoms with Gasteiger partial charge in [-0.2, -0.15) is 0 Å². The van der Waals surface area contributed by atoms with E-state index in [0.717, 1.165) is 4.90 Å². The first-order valence-corrected chi connectivity index (χ1v) is 7.62. The molecule has 1 aromatic carbocycles. The molecular formula is C17H13ClN2O5. The number of rotatable bonds is 4. The van der Waals surface area contributed by atoms with Crippen LogP contribution in [-0.4, -0.2) is 29.9 Å². The molecule has 1 aliphatic rings. The Morgan fingerprint density at radius 2 is 2.08 bits per heavy atom. The third kappa shape index (κ3) is 3.41. The van der Waals surface area contributed by atoms with Crippen molar-refractivity contribution in [3.05, 3.63) is 58.5 Å². The molecule has 4 amide bonds. The van der Waals surface area contributed by atoms with Crippen molar-refractivity contribution in [1.82, 2.24) is 10.2 Å². The van der Waals surface area contributed by atoms with E-state index in [2.05, 4.69) is 5.32 Å². The summed E-state index contributed by atoms with van der Waals surface area (Å²) in [7, 11) is 1.46. The molecule has 8 heteroatoms. The maximum Gasteiger partial charge on any atom is 0.331 e. The molecule has 25 heavy (non-hydrogen) atoms. The fraction of sp³-hybridized carbons (Fsp3) is 0.118. The van der Waals surface area contributed by atoms with E-state index in [0.29, 0.717) is 22.1 Å². The summed E-state index contributed by atoms with van der Waals surface area (Å²) < 4.78 is 10.4. The number of hydrogen-bond acceptors (Lipinski definition) is 5. The maximum atomic E-state index is 12.6. The van der Waals surface area contributed by atoms with E-state index in [1.165, 1.54) is 19.4 Å². The molecule has 1 N–H and O–H groups in total. The number of carbonyl (C=O) groups excluding carboxylic acids is 3. The first-order valence-electron chi connectivity index (χ1n) is 7.24. The number of barbiturate groups is 1. The molecule has 1 saturated heterocycles. The Bertz CT molecular complexity index is 873. The molecule has 128 valence electrons. The summed E-state index contributed by atoms with van der Waals surface area (Å²) in [5.74, 6) is -0.663. The third-order valence-corrected chi connectivity index (χ3v) is 3.81. The predicted octanol–water partition coefficient (Wildman–Crippen LogP) is 2.60. The SMILES string of the molecule is COc1ccc(Cl)cc1/C=C1\C(=O)NC(=O)N(Cc2ccco2)C1=O. The molecule has 0 atom stereocenters. The van der Waals surface area contributed by atoms with Crippen LogP contribution in [0.1, 0.15) is 11.3 Å². The molecule has 1 aliphatic heterocycles. The highest BCUT2D eigenvalue weighted by molar-refractivity contribution is 6.32. The monoisotopic (exact) mass is 360 g/mol. The number of methoxy groups -OCH3 is 1. The van der Waals surface area contributed by atoms with Crippen molar-refractivity contribution in [1.29, 1.82) is 0 Å². The van der Waals surface area contributed by atoms with E-state index in [1.807, 2.05) is 0 Å². The van der Waals surface area contributed by atoms with Crippen LogP contribution in [-0.2, 0) is 16.1 Å². The minimum Gasteiger partial charge on any atom is -0.496 e. The minimum atomic E-state index is -0.804. The van der Waals surface area contributed by atoms with Gasteiger partial charge in [0.25, 0.3) is 11.8 Å². The summed E-state index contributed by atoms with van der Waals surface area (Å²) in [6, 6.07) is 7.26. The van der Waals surface area contributed by atoms with Gasteiger partial charge in [-0.1, -0.05) is 11.6 Å². The summed E-state index contributed by atoms with van der Waals surface area (Å²) in [5.41, 5.74) is 0.243. The van der Waals surface area contributed by atoms with Crippen molar-refractivity contribution in [2.75, 3.05) is 7.11 Å². The molecule has 0 saturated carbocycles. The molecule has 0 spiro atoms. The topological polar surface area (TPSA) is 88.8 Å². The number of amides is 4. The zero-order valence-electron chi connectivity index (χ0n) is 13.1. The van der Waals surface area contributed by atoms with Gasteiger partial charge in [-0.15, -0.1) is 0 Å². The predicted molar refractivity (Wildman–Crippen MR) is 88.8 cm³/mol. The lowest BCUT2D eigenvalue weighted by atomic mass is 10.1. The van der Waals surface area contributed by atoms with E-state index in [9.17, 15) is 14.4 Å². The van der Waals surface area contributed by atoms with E-state index in [-0.39, 0.29) is 12.1 Å². The highest BCUT2D eigenvalue weighted by Gasteiger charge is 2.36. The van der Waals surface area contributed by atoms with Crippen molar-refractivity contribution in [3.63, 3.8) is 0 Å². The van der Waals surface area contributed by atoms with E-state index in [1.54, 1.807) is 30.3 Å². The van der Waals surface area contributed by atoms with Gasteiger partial charge < -0.3 is 9.15 Å². The van der Waals surface area contributed by atoms with Crippen LogP contribution in [0.4, 0.5) is 4.79 Å². The highest BCUT2D eigenvalue weighted by atomic mass is 35.5. The van der Waals surface area contributed by atoms with E-state index >= 15 is 0 Å². The number of urea groups is 1. The second-order valence-corrected chi connectivity index (χ2v) is 5.61. The van der Waals surface area contributed by atoms with Gasteiger partial charge in [0.2, 0.25) is 0 Å². The van der Waals surface area contributed by atoms with Crippen LogP contribution >= 0.6 is 11.6 Å². The second kappa shape index (κ2) is 6.82. The molecule has 0 bridgehead atoms. The summed E-state index contributed by atoms with van der Waals surface area (Å²) >= 11 is 5.96. The Balaban J connectivity index is 1.97. The van der Waals surface area contributed by atoms with Crippen LogP contribution < -0.4 is 10.1 Å². The van der Waals surface area contributed by atoms with E-state index < -0.39 is 17.8 Å². The number of nitrogens with zero attached hydrogens (tertiary/aromatic N) is 1. The second-order valence-electron chi connectivity index (χ2n) is 5.17. The number of carbonyl (C=O) groups is 3.